The molecule has 3 rings (SSSR count). The maximum atomic E-state index is 6.30. The standard InChI is InChI=1S/C19H20Cl2N2.ClH/c20-15-11-12-18(17(21)13-15)23-19(14-7-3-1-4-8-14)22-16-9-5-2-6-10-16;/h1,3-4,7-8,11-13,16H,2,5-6,9-10H2,(H,22,23);1H. The average molecular weight is 384 g/mol. The van der Waals surface area contributed by atoms with E-state index in [4.69, 9.17) is 28.2 Å². The number of rotatable bonds is 3. The second-order valence-corrected chi connectivity index (χ2v) is 6.73. The van der Waals surface area contributed by atoms with E-state index in [0.29, 0.717) is 16.1 Å². The quantitative estimate of drug-likeness (QED) is 0.468. The Morgan fingerprint density at radius 3 is 2.33 bits per heavy atom. The molecule has 24 heavy (non-hydrogen) atoms. The number of hydrogen-bond acceptors (Lipinski definition) is 1. The van der Waals surface area contributed by atoms with Crippen molar-refractivity contribution < 1.29 is 0 Å². The Bertz CT molecular complexity index is 680. The summed E-state index contributed by atoms with van der Waals surface area (Å²) < 4.78 is 0. The largest absolute Gasteiger partial charge is 0.339 e. The van der Waals surface area contributed by atoms with Gasteiger partial charge < -0.3 is 5.32 Å². The molecule has 0 radical (unpaired) electrons. The Morgan fingerprint density at radius 1 is 0.958 bits per heavy atom. The molecule has 1 saturated carbocycles. The Morgan fingerprint density at radius 2 is 1.67 bits per heavy atom. The first-order valence-corrected chi connectivity index (χ1v) is 8.83. The first-order valence-electron chi connectivity index (χ1n) is 8.07. The molecule has 0 aromatic heterocycles. The molecule has 0 aliphatic heterocycles. The molecule has 1 aliphatic rings. The summed E-state index contributed by atoms with van der Waals surface area (Å²) in [4.78, 5) is 4.98. The topological polar surface area (TPSA) is 24.4 Å². The van der Waals surface area contributed by atoms with E-state index in [1.54, 1.807) is 6.07 Å². The van der Waals surface area contributed by atoms with E-state index in [1.807, 2.05) is 30.3 Å². The third-order valence-corrected chi connectivity index (χ3v) is 4.67. The van der Waals surface area contributed by atoms with Crippen molar-refractivity contribution in [3.05, 3.63) is 64.1 Å². The highest BCUT2D eigenvalue weighted by molar-refractivity contribution is 6.36. The third-order valence-electron chi connectivity index (χ3n) is 4.12. The van der Waals surface area contributed by atoms with Crippen molar-refractivity contribution in [3.8, 4) is 0 Å². The zero-order valence-electron chi connectivity index (χ0n) is 13.3. The van der Waals surface area contributed by atoms with Crippen molar-refractivity contribution in [1.29, 1.82) is 0 Å². The van der Waals surface area contributed by atoms with Gasteiger partial charge in [-0.3, -0.25) is 4.99 Å². The molecule has 0 atom stereocenters. The predicted octanol–water partition coefficient (Wildman–Crippen LogP) is 6.61. The molecular weight excluding hydrogens is 363 g/mol. The molecule has 0 saturated heterocycles. The smallest absolute Gasteiger partial charge is 0.133 e. The van der Waals surface area contributed by atoms with E-state index in [1.165, 1.54) is 19.3 Å². The van der Waals surface area contributed by atoms with Crippen LogP contribution in [0.4, 0.5) is 5.69 Å². The first-order chi connectivity index (χ1) is 11.2. The van der Waals surface area contributed by atoms with Crippen molar-refractivity contribution in [3.63, 3.8) is 0 Å². The highest BCUT2D eigenvalue weighted by Gasteiger charge is 2.15. The molecule has 0 spiro atoms. The number of nitrogens with one attached hydrogen (secondary N) is 1. The van der Waals surface area contributed by atoms with Crippen molar-refractivity contribution in [2.24, 2.45) is 4.99 Å². The predicted molar refractivity (Wildman–Crippen MR) is 107 cm³/mol. The van der Waals surface area contributed by atoms with Crippen molar-refractivity contribution >= 4 is 47.1 Å². The summed E-state index contributed by atoms with van der Waals surface area (Å²) in [5.74, 6) is 0.877. The van der Waals surface area contributed by atoms with Gasteiger partial charge in [-0.25, -0.2) is 0 Å². The summed E-state index contributed by atoms with van der Waals surface area (Å²) in [6.07, 6.45) is 6.16. The van der Waals surface area contributed by atoms with Gasteiger partial charge in [-0.1, -0.05) is 72.8 Å². The molecule has 0 bridgehead atoms. The summed E-state index contributed by atoms with van der Waals surface area (Å²) in [7, 11) is 0. The lowest BCUT2D eigenvalue weighted by Gasteiger charge is -2.20. The molecule has 2 aromatic carbocycles. The first kappa shape index (κ1) is 19.1. The Hall–Kier alpha value is -1.22. The normalized spacial score (nSPS) is 15.7. The van der Waals surface area contributed by atoms with Gasteiger partial charge in [0.1, 0.15) is 5.84 Å². The molecule has 5 heteroatoms. The average Bonchev–Trinajstić information content (AvgIpc) is 2.58. The van der Waals surface area contributed by atoms with Gasteiger partial charge in [0, 0.05) is 10.6 Å². The van der Waals surface area contributed by atoms with Crippen LogP contribution in [0.3, 0.4) is 0 Å². The van der Waals surface area contributed by atoms with Crippen LogP contribution in [0.2, 0.25) is 10.0 Å². The molecule has 2 aromatic rings. The van der Waals surface area contributed by atoms with E-state index in [9.17, 15) is 0 Å². The van der Waals surface area contributed by atoms with Crippen molar-refractivity contribution in [2.75, 3.05) is 5.32 Å². The van der Waals surface area contributed by atoms with Gasteiger partial charge in [0.25, 0.3) is 0 Å². The van der Waals surface area contributed by atoms with Crippen molar-refractivity contribution in [1.82, 2.24) is 0 Å². The molecular formula is C19H21Cl3N2. The summed E-state index contributed by atoms with van der Waals surface area (Å²) in [5, 5.41) is 4.63. The zero-order chi connectivity index (χ0) is 16.1. The van der Waals surface area contributed by atoms with Gasteiger partial charge in [0.05, 0.1) is 16.8 Å². The summed E-state index contributed by atoms with van der Waals surface area (Å²) >= 11 is 12.3. The van der Waals surface area contributed by atoms with Crippen LogP contribution >= 0.6 is 35.6 Å². The summed E-state index contributed by atoms with van der Waals surface area (Å²) in [6, 6.07) is 16.1. The minimum Gasteiger partial charge on any atom is -0.339 e. The number of nitrogens with zero attached hydrogens (tertiary/aromatic N) is 1. The number of halogens is 3. The van der Waals surface area contributed by atoms with Gasteiger partial charge >= 0.3 is 0 Å². The molecule has 128 valence electrons. The minimum absolute atomic E-state index is 0. The maximum absolute atomic E-state index is 6.30. The second kappa shape index (κ2) is 9.31. The van der Waals surface area contributed by atoms with Gasteiger partial charge in [0.2, 0.25) is 0 Å². The molecule has 1 aliphatic carbocycles. The minimum atomic E-state index is 0. The molecule has 1 fully saturated rings. The fourth-order valence-electron chi connectivity index (χ4n) is 2.89. The fourth-order valence-corrected chi connectivity index (χ4v) is 3.34. The number of hydrogen-bond donors (Lipinski definition) is 1. The lowest BCUT2D eigenvalue weighted by molar-refractivity contribution is 0.443. The van der Waals surface area contributed by atoms with Gasteiger partial charge in [0.15, 0.2) is 0 Å². The molecule has 0 heterocycles. The fraction of sp³-hybridized carbons (Fsp3) is 0.316. The van der Waals surface area contributed by atoms with Crippen molar-refractivity contribution in [2.45, 2.75) is 38.1 Å². The lowest BCUT2D eigenvalue weighted by Crippen LogP contribution is -2.19. The summed E-state index contributed by atoms with van der Waals surface area (Å²) in [6.45, 7) is 0. The van der Waals surface area contributed by atoms with Crippen LogP contribution < -0.4 is 5.32 Å². The Kier molecular flexibility index (Phi) is 7.41. The SMILES string of the molecule is Cl.Clc1ccc(NC(=NC2CCCCC2)c2ccccc2)c(Cl)c1. The Labute approximate surface area is 159 Å². The molecule has 0 unspecified atom stereocenters. The zero-order valence-corrected chi connectivity index (χ0v) is 15.7. The number of benzene rings is 2. The maximum Gasteiger partial charge on any atom is 0.133 e. The van der Waals surface area contributed by atoms with E-state index < -0.39 is 0 Å². The third kappa shape index (κ3) is 5.14. The highest BCUT2D eigenvalue weighted by Crippen LogP contribution is 2.27. The van der Waals surface area contributed by atoms with E-state index >= 15 is 0 Å². The second-order valence-electron chi connectivity index (χ2n) is 5.88. The van der Waals surface area contributed by atoms with E-state index in [-0.39, 0.29) is 12.4 Å². The lowest BCUT2D eigenvalue weighted by atomic mass is 9.96. The monoisotopic (exact) mass is 382 g/mol. The van der Waals surface area contributed by atoms with Crippen LogP contribution in [-0.4, -0.2) is 11.9 Å². The molecule has 0 amide bonds. The molecule has 1 N–H and O–H groups in total. The van der Waals surface area contributed by atoms with Gasteiger partial charge in [-0.05, 0) is 31.0 Å². The highest BCUT2D eigenvalue weighted by atomic mass is 35.5. The van der Waals surface area contributed by atoms with Crippen LogP contribution in [0.15, 0.2) is 53.5 Å². The van der Waals surface area contributed by atoms with Crippen LogP contribution in [-0.2, 0) is 0 Å². The van der Waals surface area contributed by atoms with Gasteiger partial charge in [-0.15, -0.1) is 12.4 Å². The van der Waals surface area contributed by atoms with Crippen LogP contribution in [0.1, 0.15) is 37.7 Å². The molecule has 2 nitrogen and oxygen atoms in total. The Balaban J connectivity index is 0.00000208. The number of amidine groups is 1. The van der Waals surface area contributed by atoms with Crippen LogP contribution in [0, 0.1) is 0 Å². The van der Waals surface area contributed by atoms with E-state index in [0.717, 1.165) is 29.9 Å². The van der Waals surface area contributed by atoms with Crippen LogP contribution in [0.5, 0.6) is 0 Å². The number of anilines is 1. The van der Waals surface area contributed by atoms with Gasteiger partial charge in [-0.2, -0.15) is 0 Å². The number of aliphatic imine (C=N–C) groups is 1. The summed E-state index contributed by atoms with van der Waals surface area (Å²) in [5.41, 5.74) is 1.90. The van der Waals surface area contributed by atoms with Crippen LogP contribution in [0.25, 0.3) is 0 Å². The van der Waals surface area contributed by atoms with E-state index in [2.05, 4.69) is 17.4 Å².